The summed E-state index contributed by atoms with van der Waals surface area (Å²) in [4.78, 5) is 12.1. The summed E-state index contributed by atoms with van der Waals surface area (Å²) >= 11 is 0. The van der Waals surface area contributed by atoms with Gasteiger partial charge in [-0.1, -0.05) is 140 Å². The monoisotopic (exact) mass is 604 g/mol. The van der Waals surface area contributed by atoms with Crippen LogP contribution in [0.2, 0.25) is 0 Å². The lowest BCUT2D eigenvalue weighted by atomic mass is 10.1. The molecule has 0 aliphatic heterocycles. The zero-order chi connectivity index (χ0) is 27.7. The van der Waals surface area contributed by atoms with Crippen molar-refractivity contribution in [3.63, 3.8) is 0 Å². The third-order valence-electron chi connectivity index (χ3n) is 5.60. The molecule has 0 aliphatic carbocycles. The third-order valence-corrected chi connectivity index (χ3v) is 10.2. The minimum absolute atomic E-state index is 0.0898. The van der Waals surface area contributed by atoms with Gasteiger partial charge in [-0.15, -0.1) is 0 Å². The minimum atomic E-state index is -0.0898. The van der Waals surface area contributed by atoms with Gasteiger partial charge in [0.2, 0.25) is 5.91 Å². The fourth-order valence-corrected chi connectivity index (χ4v) is 7.75. The molecule has 0 atom stereocenters. The first kappa shape index (κ1) is 30.2. The van der Waals surface area contributed by atoms with Crippen LogP contribution >= 0.6 is 43.2 Å². The average molecular weight is 605 g/mol. The van der Waals surface area contributed by atoms with E-state index in [0.29, 0.717) is 13.0 Å². The number of hydrazone groups is 1. The smallest absolute Gasteiger partial charge is 0.240 e. The lowest BCUT2D eigenvalue weighted by molar-refractivity contribution is -0.120. The highest BCUT2D eigenvalue weighted by Crippen LogP contribution is 2.30. The highest BCUT2D eigenvalue weighted by atomic mass is 33.1. The predicted octanol–water partition coefficient (Wildman–Crippen LogP) is 8.77. The van der Waals surface area contributed by atoms with Crippen LogP contribution in [0.1, 0.15) is 34.2 Å². The topological polar surface area (TPSA) is 50.7 Å². The van der Waals surface area contributed by atoms with Gasteiger partial charge >= 0.3 is 0 Å². The van der Waals surface area contributed by atoms with Crippen LogP contribution in [0.3, 0.4) is 0 Å². The molecule has 0 aromatic heterocycles. The van der Waals surface area contributed by atoms with E-state index in [4.69, 9.17) is 4.74 Å². The van der Waals surface area contributed by atoms with E-state index in [1.165, 1.54) is 16.7 Å². The molecule has 8 heteroatoms. The number of amides is 1. The minimum Gasteiger partial charge on any atom is -0.489 e. The Bertz CT molecular complexity index is 1340. The van der Waals surface area contributed by atoms with E-state index in [1.54, 1.807) is 27.8 Å². The van der Waals surface area contributed by atoms with Crippen molar-refractivity contribution in [2.75, 3.05) is 5.75 Å². The molecule has 0 saturated heterocycles. The number of benzene rings is 4. The number of carbonyl (C=O) groups is 1. The molecule has 0 aliphatic rings. The number of rotatable bonds is 16. The molecular formula is C32H32N2O2S4. The Labute approximate surface area is 253 Å². The summed E-state index contributed by atoms with van der Waals surface area (Å²) in [6.07, 6.45) is 2.07. The van der Waals surface area contributed by atoms with E-state index in [1.807, 2.05) is 64.1 Å². The second-order valence-electron chi connectivity index (χ2n) is 8.80. The maximum atomic E-state index is 12.1. The van der Waals surface area contributed by atoms with Crippen LogP contribution in [0, 0.1) is 0 Å². The first-order valence-electron chi connectivity index (χ1n) is 12.9. The van der Waals surface area contributed by atoms with E-state index in [0.717, 1.165) is 39.9 Å². The van der Waals surface area contributed by atoms with Gasteiger partial charge in [0.05, 0.1) is 6.21 Å². The van der Waals surface area contributed by atoms with Gasteiger partial charge in [-0.05, 0) is 39.9 Å². The average Bonchev–Trinajstić information content (AvgIpc) is 3.00. The highest BCUT2D eigenvalue weighted by Gasteiger charge is 2.03. The molecule has 4 aromatic carbocycles. The quantitative estimate of drug-likeness (QED) is 0.0597. The first-order chi connectivity index (χ1) is 19.7. The number of nitrogens with zero attached hydrogens (tertiary/aromatic N) is 1. The Balaban J connectivity index is 1.13. The molecule has 0 heterocycles. The lowest BCUT2D eigenvalue weighted by Crippen LogP contribution is -2.17. The summed E-state index contributed by atoms with van der Waals surface area (Å²) in [6, 6.07) is 37.1. The van der Waals surface area contributed by atoms with Crippen molar-refractivity contribution in [2.45, 2.75) is 30.3 Å². The van der Waals surface area contributed by atoms with Gasteiger partial charge in [-0.2, -0.15) is 5.10 Å². The number of carbonyl (C=O) groups excluding carboxylic acids is 1. The summed E-state index contributed by atoms with van der Waals surface area (Å²) < 4.78 is 6.04. The Morgan fingerprint density at radius 3 is 2.00 bits per heavy atom. The zero-order valence-electron chi connectivity index (χ0n) is 22.1. The summed E-state index contributed by atoms with van der Waals surface area (Å²) in [7, 11) is 7.21. The van der Waals surface area contributed by atoms with Crippen LogP contribution in [0.15, 0.2) is 114 Å². The molecule has 0 spiro atoms. The van der Waals surface area contributed by atoms with Gasteiger partial charge in [0, 0.05) is 29.4 Å². The maximum absolute atomic E-state index is 12.1. The third kappa shape index (κ3) is 11.8. The number of hydrogen-bond donors (Lipinski definition) is 1. The first-order valence-corrected chi connectivity index (χ1v) is 17.9. The molecule has 4 nitrogen and oxygen atoms in total. The molecule has 206 valence electrons. The van der Waals surface area contributed by atoms with E-state index >= 15 is 0 Å². The predicted molar refractivity (Wildman–Crippen MR) is 177 cm³/mol. The Hall–Kier alpha value is -2.78. The standard InChI is InChI=1S/C32H32N2O2S4/c35-32(17-18-37-38-23-26-9-3-1-4-10-26)34-33-21-28-13-8-16-31(20-28)36-22-29-14-7-15-30(19-29)25-40-39-24-27-11-5-2-6-12-27/h1-16,19-21H,17-18,22-25H2,(H,34,35)/b33-21+. The molecule has 0 saturated carbocycles. The van der Waals surface area contributed by atoms with Crippen molar-refractivity contribution in [1.82, 2.24) is 5.43 Å². The second kappa shape index (κ2) is 17.8. The van der Waals surface area contributed by atoms with Crippen LogP contribution in [0.25, 0.3) is 0 Å². The summed E-state index contributed by atoms with van der Waals surface area (Å²) in [5.74, 6) is 4.31. The van der Waals surface area contributed by atoms with Crippen molar-refractivity contribution in [1.29, 1.82) is 0 Å². The molecule has 1 amide bonds. The largest absolute Gasteiger partial charge is 0.489 e. The highest BCUT2D eigenvalue weighted by molar-refractivity contribution is 8.76. The molecular weight excluding hydrogens is 573 g/mol. The van der Waals surface area contributed by atoms with Crippen LogP contribution in [0.5, 0.6) is 5.75 Å². The van der Waals surface area contributed by atoms with Gasteiger partial charge in [0.15, 0.2) is 0 Å². The van der Waals surface area contributed by atoms with Crippen molar-refractivity contribution >= 4 is 55.3 Å². The van der Waals surface area contributed by atoms with Crippen LogP contribution in [0.4, 0.5) is 0 Å². The summed E-state index contributed by atoms with van der Waals surface area (Å²) in [6.45, 7) is 0.493. The van der Waals surface area contributed by atoms with Gasteiger partial charge in [-0.3, -0.25) is 4.79 Å². The van der Waals surface area contributed by atoms with E-state index < -0.39 is 0 Å². The fourth-order valence-electron chi connectivity index (χ4n) is 3.57. The SMILES string of the molecule is O=C(CCSSCc1ccccc1)N/N=C/c1cccc(OCc2cccc(CSSCc3ccccc3)c2)c1. The molecule has 0 unspecified atom stereocenters. The Morgan fingerprint density at radius 2 is 1.27 bits per heavy atom. The second-order valence-corrected chi connectivity index (χ2v) is 13.8. The summed E-state index contributed by atoms with van der Waals surface area (Å²) in [5, 5.41) is 4.11. The molecule has 0 radical (unpaired) electrons. The number of ether oxygens (including phenoxy) is 1. The van der Waals surface area contributed by atoms with Gasteiger partial charge in [0.1, 0.15) is 12.4 Å². The number of nitrogens with one attached hydrogen (secondary N) is 1. The fraction of sp³-hybridized carbons (Fsp3) is 0.188. The van der Waals surface area contributed by atoms with Gasteiger partial charge < -0.3 is 4.74 Å². The zero-order valence-corrected chi connectivity index (χ0v) is 25.4. The van der Waals surface area contributed by atoms with E-state index in [-0.39, 0.29) is 5.91 Å². The molecule has 1 N–H and O–H groups in total. The van der Waals surface area contributed by atoms with Crippen LogP contribution in [-0.2, 0) is 28.7 Å². The number of hydrogen-bond acceptors (Lipinski definition) is 7. The van der Waals surface area contributed by atoms with Crippen molar-refractivity contribution < 1.29 is 9.53 Å². The molecule has 4 aromatic rings. The summed E-state index contributed by atoms with van der Waals surface area (Å²) in [5.41, 5.74) is 8.54. The molecule has 4 rings (SSSR count). The van der Waals surface area contributed by atoms with E-state index in [2.05, 4.69) is 77.3 Å². The van der Waals surface area contributed by atoms with Crippen molar-refractivity contribution in [2.24, 2.45) is 5.10 Å². The molecule has 40 heavy (non-hydrogen) atoms. The van der Waals surface area contributed by atoms with Crippen molar-refractivity contribution in [3.8, 4) is 5.75 Å². The molecule has 0 fully saturated rings. The van der Waals surface area contributed by atoms with Gasteiger partial charge in [0.25, 0.3) is 0 Å². The van der Waals surface area contributed by atoms with E-state index in [9.17, 15) is 4.79 Å². The lowest BCUT2D eigenvalue weighted by Gasteiger charge is -2.09. The van der Waals surface area contributed by atoms with Crippen LogP contribution in [-0.4, -0.2) is 17.9 Å². The normalized spacial score (nSPS) is 11.0. The van der Waals surface area contributed by atoms with Crippen molar-refractivity contribution in [3.05, 3.63) is 137 Å². The van der Waals surface area contributed by atoms with Crippen LogP contribution < -0.4 is 10.2 Å². The van der Waals surface area contributed by atoms with Gasteiger partial charge in [-0.25, -0.2) is 5.43 Å². The Morgan fingerprint density at radius 1 is 0.675 bits per heavy atom. The molecule has 0 bridgehead atoms. The Kier molecular flexibility index (Phi) is 13.4. The maximum Gasteiger partial charge on any atom is 0.240 e.